The van der Waals surface area contributed by atoms with E-state index in [0.717, 1.165) is 5.75 Å². The third kappa shape index (κ3) is 2.18. The molecule has 4 rings (SSSR count). The number of anilines is 1. The van der Waals surface area contributed by atoms with Gasteiger partial charge in [-0.05, 0) is 34.9 Å². The van der Waals surface area contributed by atoms with Crippen LogP contribution in [0.15, 0.2) is 72.8 Å². The number of ether oxygens (including phenoxy) is 1. The molecular formula is C21H19NO. The minimum absolute atomic E-state index is 0.215. The van der Waals surface area contributed by atoms with Crippen molar-refractivity contribution in [2.45, 2.75) is 6.04 Å². The van der Waals surface area contributed by atoms with Gasteiger partial charge in [-0.3, -0.25) is 0 Å². The van der Waals surface area contributed by atoms with Gasteiger partial charge in [-0.15, -0.1) is 0 Å². The Kier molecular flexibility index (Phi) is 3.30. The third-order valence-corrected chi connectivity index (χ3v) is 4.65. The van der Waals surface area contributed by atoms with Gasteiger partial charge in [0, 0.05) is 18.3 Å². The maximum Gasteiger partial charge on any atom is 0.118 e. The van der Waals surface area contributed by atoms with E-state index in [1.807, 2.05) is 12.1 Å². The van der Waals surface area contributed by atoms with E-state index in [4.69, 9.17) is 4.74 Å². The summed E-state index contributed by atoms with van der Waals surface area (Å²) in [6.45, 7) is 0. The molecule has 0 radical (unpaired) electrons. The molecule has 0 amide bonds. The van der Waals surface area contributed by atoms with Crippen LogP contribution in [0.1, 0.15) is 17.2 Å². The molecule has 1 heterocycles. The molecule has 2 nitrogen and oxygen atoms in total. The van der Waals surface area contributed by atoms with Gasteiger partial charge in [0.05, 0.1) is 13.2 Å². The van der Waals surface area contributed by atoms with E-state index in [2.05, 4.69) is 72.6 Å². The number of hydrogen-bond donors (Lipinski definition) is 0. The van der Waals surface area contributed by atoms with Crippen LogP contribution in [0.5, 0.6) is 5.75 Å². The number of fused-ring (bicyclic) bond motifs is 3. The highest BCUT2D eigenvalue weighted by Gasteiger charge is 2.29. The van der Waals surface area contributed by atoms with Crippen molar-refractivity contribution < 1.29 is 4.74 Å². The zero-order valence-electron chi connectivity index (χ0n) is 13.4. The Hall–Kier alpha value is -2.74. The fraction of sp³-hybridized carbons (Fsp3) is 0.143. The molecule has 23 heavy (non-hydrogen) atoms. The summed E-state index contributed by atoms with van der Waals surface area (Å²) in [5.74, 6) is 0.890. The SMILES string of the molecule is COc1ccc(C2c3ccccc3-c3ccccc3N2C)cc1. The molecule has 0 aromatic heterocycles. The molecule has 0 saturated heterocycles. The largest absolute Gasteiger partial charge is 0.497 e. The minimum Gasteiger partial charge on any atom is -0.497 e. The molecule has 2 heteroatoms. The number of para-hydroxylation sites is 1. The molecule has 0 bridgehead atoms. The topological polar surface area (TPSA) is 12.5 Å². The van der Waals surface area contributed by atoms with Gasteiger partial charge in [-0.1, -0.05) is 54.6 Å². The van der Waals surface area contributed by atoms with Gasteiger partial charge < -0.3 is 9.64 Å². The van der Waals surface area contributed by atoms with Crippen LogP contribution in [0.3, 0.4) is 0 Å². The highest BCUT2D eigenvalue weighted by atomic mass is 16.5. The Morgan fingerprint density at radius 2 is 1.43 bits per heavy atom. The summed E-state index contributed by atoms with van der Waals surface area (Å²) in [6, 6.07) is 25.9. The lowest BCUT2D eigenvalue weighted by Gasteiger charge is -2.38. The normalized spacial score (nSPS) is 15.7. The monoisotopic (exact) mass is 301 g/mol. The van der Waals surface area contributed by atoms with E-state index in [-0.39, 0.29) is 6.04 Å². The van der Waals surface area contributed by atoms with Gasteiger partial charge in [-0.25, -0.2) is 0 Å². The van der Waals surface area contributed by atoms with Crippen molar-refractivity contribution in [1.82, 2.24) is 0 Å². The van der Waals surface area contributed by atoms with Crippen LogP contribution in [-0.4, -0.2) is 14.2 Å². The highest BCUT2D eigenvalue weighted by molar-refractivity contribution is 5.85. The summed E-state index contributed by atoms with van der Waals surface area (Å²) in [5, 5.41) is 0. The van der Waals surface area contributed by atoms with Crippen molar-refractivity contribution in [1.29, 1.82) is 0 Å². The first-order valence-corrected chi connectivity index (χ1v) is 7.84. The number of methoxy groups -OCH3 is 1. The van der Waals surface area contributed by atoms with Crippen molar-refractivity contribution in [3.8, 4) is 16.9 Å². The predicted octanol–water partition coefficient (Wildman–Crippen LogP) is 4.90. The maximum atomic E-state index is 5.30. The van der Waals surface area contributed by atoms with Crippen molar-refractivity contribution >= 4 is 5.69 Å². The number of benzene rings is 3. The van der Waals surface area contributed by atoms with Crippen LogP contribution in [0.25, 0.3) is 11.1 Å². The van der Waals surface area contributed by atoms with Gasteiger partial charge in [0.15, 0.2) is 0 Å². The smallest absolute Gasteiger partial charge is 0.118 e. The Labute approximate surface area is 137 Å². The van der Waals surface area contributed by atoms with Crippen molar-refractivity contribution in [3.05, 3.63) is 83.9 Å². The molecule has 0 fully saturated rings. The van der Waals surface area contributed by atoms with E-state index in [9.17, 15) is 0 Å². The predicted molar refractivity (Wildman–Crippen MR) is 95.1 cm³/mol. The quantitative estimate of drug-likeness (QED) is 0.667. The lowest BCUT2D eigenvalue weighted by molar-refractivity contribution is 0.414. The molecule has 114 valence electrons. The summed E-state index contributed by atoms with van der Waals surface area (Å²) in [4.78, 5) is 2.36. The van der Waals surface area contributed by atoms with Gasteiger partial charge in [0.2, 0.25) is 0 Å². The second-order valence-corrected chi connectivity index (χ2v) is 5.89. The summed E-state index contributed by atoms with van der Waals surface area (Å²) < 4.78 is 5.30. The summed E-state index contributed by atoms with van der Waals surface area (Å²) in [6.07, 6.45) is 0. The summed E-state index contributed by atoms with van der Waals surface area (Å²) >= 11 is 0. The van der Waals surface area contributed by atoms with Gasteiger partial charge in [0.25, 0.3) is 0 Å². The van der Waals surface area contributed by atoms with Crippen LogP contribution in [0, 0.1) is 0 Å². The number of hydrogen-bond acceptors (Lipinski definition) is 2. The van der Waals surface area contributed by atoms with Crippen LogP contribution in [0.4, 0.5) is 5.69 Å². The zero-order chi connectivity index (χ0) is 15.8. The molecule has 1 aliphatic rings. The molecule has 0 aliphatic carbocycles. The molecular weight excluding hydrogens is 282 g/mol. The van der Waals surface area contributed by atoms with E-state index in [0.29, 0.717) is 0 Å². The van der Waals surface area contributed by atoms with Crippen molar-refractivity contribution in [3.63, 3.8) is 0 Å². The average Bonchev–Trinajstić information content (AvgIpc) is 2.63. The molecule has 3 aromatic carbocycles. The first-order chi connectivity index (χ1) is 11.3. The first kappa shape index (κ1) is 13.9. The third-order valence-electron chi connectivity index (χ3n) is 4.65. The Bertz CT molecular complexity index is 838. The Morgan fingerprint density at radius 3 is 2.17 bits per heavy atom. The summed E-state index contributed by atoms with van der Waals surface area (Å²) in [5.41, 5.74) is 6.51. The first-order valence-electron chi connectivity index (χ1n) is 7.84. The van der Waals surface area contributed by atoms with Crippen LogP contribution in [-0.2, 0) is 0 Å². The fourth-order valence-electron chi connectivity index (χ4n) is 3.53. The van der Waals surface area contributed by atoms with Crippen LogP contribution >= 0.6 is 0 Å². The number of rotatable bonds is 2. The van der Waals surface area contributed by atoms with E-state index < -0.39 is 0 Å². The fourth-order valence-corrected chi connectivity index (χ4v) is 3.53. The Balaban J connectivity index is 1.90. The molecule has 3 aromatic rings. The highest BCUT2D eigenvalue weighted by Crippen LogP contribution is 2.46. The van der Waals surface area contributed by atoms with Gasteiger partial charge in [0.1, 0.15) is 5.75 Å². The second-order valence-electron chi connectivity index (χ2n) is 5.89. The van der Waals surface area contributed by atoms with Gasteiger partial charge in [-0.2, -0.15) is 0 Å². The molecule has 0 saturated carbocycles. The maximum absolute atomic E-state index is 5.30. The Morgan fingerprint density at radius 1 is 0.783 bits per heavy atom. The molecule has 0 N–H and O–H groups in total. The van der Waals surface area contributed by atoms with Crippen LogP contribution in [0.2, 0.25) is 0 Å². The van der Waals surface area contributed by atoms with Crippen molar-refractivity contribution in [2.75, 3.05) is 19.1 Å². The van der Waals surface area contributed by atoms with E-state index in [1.54, 1.807) is 7.11 Å². The second kappa shape index (κ2) is 5.47. The lowest BCUT2D eigenvalue weighted by atomic mass is 9.85. The minimum atomic E-state index is 0.215. The number of nitrogens with zero attached hydrogens (tertiary/aromatic N) is 1. The van der Waals surface area contributed by atoms with Crippen molar-refractivity contribution in [2.24, 2.45) is 0 Å². The molecule has 0 spiro atoms. The standard InChI is InChI=1S/C21H19NO/c1-22-20-10-6-5-8-18(20)17-7-3-4-9-19(17)21(22)15-11-13-16(23-2)14-12-15/h3-14,21H,1-2H3. The molecule has 1 aliphatic heterocycles. The van der Waals surface area contributed by atoms with Gasteiger partial charge >= 0.3 is 0 Å². The van der Waals surface area contributed by atoms with E-state index >= 15 is 0 Å². The van der Waals surface area contributed by atoms with E-state index in [1.165, 1.54) is 27.9 Å². The lowest BCUT2D eigenvalue weighted by Crippen LogP contribution is -2.29. The molecule has 1 atom stereocenters. The average molecular weight is 301 g/mol. The molecule has 1 unspecified atom stereocenters. The summed E-state index contributed by atoms with van der Waals surface area (Å²) in [7, 11) is 3.87. The van der Waals surface area contributed by atoms with Crippen LogP contribution < -0.4 is 9.64 Å². The zero-order valence-corrected chi connectivity index (χ0v) is 13.4.